The minimum atomic E-state index is -0.520. The predicted octanol–water partition coefficient (Wildman–Crippen LogP) is 2.22. The van der Waals surface area contributed by atoms with Gasteiger partial charge in [-0.1, -0.05) is 42.5 Å². The van der Waals surface area contributed by atoms with Gasteiger partial charge < -0.3 is 10.6 Å². The van der Waals surface area contributed by atoms with Gasteiger partial charge in [0.25, 0.3) is 5.56 Å². The third kappa shape index (κ3) is 6.66. The van der Waals surface area contributed by atoms with E-state index in [1.54, 1.807) is 24.3 Å². The van der Waals surface area contributed by atoms with Crippen LogP contribution >= 0.6 is 0 Å². The molecule has 0 aliphatic rings. The minimum Gasteiger partial charge on any atom is -0.354 e. The van der Waals surface area contributed by atoms with Crippen LogP contribution in [0.1, 0.15) is 38.7 Å². The van der Waals surface area contributed by atoms with E-state index in [0.29, 0.717) is 43.1 Å². The Balaban J connectivity index is 1.71. The Kier molecular flexibility index (Phi) is 8.79. The maximum atomic E-state index is 13.2. The highest BCUT2D eigenvalue weighted by atomic mass is 16.2. The van der Waals surface area contributed by atoms with Crippen molar-refractivity contribution in [2.75, 3.05) is 6.54 Å². The highest BCUT2D eigenvalue weighted by Gasteiger charge is 2.15. The van der Waals surface area contributed by atoms with Crippen molar-refractivity contribution < 1.29 is 9.59 Å². The van der Waals surface area contributed by atoms with E-state index in [0.717, 1.165) is 5.56 Å². The zero-order valence-electron chi connectivity index (χ0n) is 19.8. The summed E-state index contributed by atoms with van der Waals surface area (Å²) in [5.41, 5.74) is 0.644. The lowest BCUT2D eigenvalue weighted by atomic mass is 10.1. The molecule has 2 aromatic carbocycles. The lowest BCUT2D eigenvalue weighted by Crippen LogP contribution is -2.43. The standard InChI is InChI=1S/C26H32N4O4/c1-19(2)28-23(31)14-8-9-17-29-25(33)21-12-6-7-13-22(21)30(26(29)34)18-24(32)27-16-15-20-10-4-3-5-11-20/h3-7,10-13,19H,8-9,14-18H2,1-2H3,(H,27,32)(H,28,31). The van der Waals surface area contributed by atoms with Crippen molar-refractivity contribution in [2.45, 2.75) is 58.7 Å². The summed E-state index contributed by atoms with van der Waals surface area (Å²) < 4.78 is 2.51. The molecule has 0 atom stereocenters. The Morgan fingerprint density at radius 1 is 0.882 bits per heavy atom. The van der Waals surface area contributed by atoms with Gasteiger partial charge in [-0.15, -0.1) is 0 Å². The van der Waals surface area contributed by atoms with Crippen molar-refractivity contribution in [1.29, 1.82) is 0 Å². The molecule has 3 rings (SSSR count). The lowest BCUT2D eigenvalue weighted by molar-refractivity contribution is -0.122. The monoisotopic (exact) mass is 464 g/mol. The van der Waals surface area contributed by atoms with E-state index in [9.17, 15) is 19.2 Å². The van der Waals surface area contributed by atoms with Crippen LogP contribution in [0.3, 0.4) is 0 Å². The SMILES string of the molecule is CC(C)NC(=O)CCCCn1c(=O)c2ccccc2n(CC(=O)NCCc2ccccc2)c1=O. The van der Waals surface area contributed by atoms with Crippen molar-refractivity contribution >= 4 is 22.7 Å². The van der Waals surface area contributed by atoms with Gasteiger partial charge in [0.2, 0.25) is 11.8 Å². The molecule has 0 saturated heterocycles. The Morgan fingerprint density at radius 2 is 1.59 bits per heavy atom. The molecule has 0 fully saturated rings. The fraction of sp³-hybridized carbons (Fsp3) is 0.385. The van der Waals surface area contributed by atoms with Crippen LogP contribution in [-0.4, -0.2) is 33.5 Å². The Morgan fingerprint density at radius 3 is 2.32 bits per heavy atom. The van der Waals surface area contributed by atoms with Crippen LogP contribution in [0.2, 0.25) is 0 Å². The fourth-order valence-electron chi connectivity index (χ4n) is 3.86. The van der Waals surface area contributed by atoms with E-state index in [1.165, 1.54) is 9.13 Å². The summed E-state index contributed by atoms with van der Waals surface area (Å²) in [6, 6.07) is 16.7. The lowest BCUT2D eigenvalue weighted by Gasteiger charge is -2.14. The summed E-state index contributed by atoms with van der Waals surface area (Å²) in [6.07, 6.45) is 2.07. The second kappa shape index (κ2) is 12.0. The van der Waals surface area contributed by atoms with Gasteiger partial charge in [0.1, 0.15) is 6.54 Å². The van der Waals surface area contributed by atoms with Gasteiger partial charge >= 0.3 is 5.69 Å². The first-order chi connectivity index (χ1) is 16.4. The predicted molar refractivity (Wildman–Crippen MR) is 133 cm³/mol. The Hall–Kier alpha value is -3.68. The van der Waals surface area contributed by atoms with E-state index >= 15 is 0 Å². The van der Waals surface area contributed by atoms with E-state index in [4.69, 9.17) is 0 Å². The molecule has 0 spiro atoms. The molecule has 8 heteroatoms. The molecule has 0 saturated carbocycles. The number of carbonyl (C=O) groups excluding carboxylic acids is 2. The Labute approximate surface area is 198 Å². The summed E-state index contributed by atoms with van der Waals surface area (Å²) in [7, 11) is 0. The summed E-state index contributed by atoms with van der Waals surface area (Å²) in [6.45, 7) is 4.26. The number of aromatic nitrogens is 2. The number of hydrogen-bond donors (Lipinski definition) is 2. The number of rotatable bonds is 11. The third-order valence-electron chi connectivity index (χ3n) is 5.50. The van der Waals surface area contributed by atoms with Crippen LogP contribution in [0, 0.1) is 0 Å². The number of unbranched alkanes of at least 4 members (excludes halogenated alkanes) is 1. The molecule has 1 heterocycles. The van der Waals surface area contributed by atoms with Gasteiger partial charge in [0, 0.05) is 25.6 Å². The number of fused-ring (bicyclic) bond motifs is 1. The van der Waals surface area contributed by atoms with E-state index in [-0.39, 0.29) is 36.5 Å². The van der Waals surface area contributed by atoms with Crippen molar-refractivity contribution in [3.05, 3.63) is 81.0 Å². The van der Waals surface area contributed by atoms with E-state index < -0.39 is 5.69 Å². The smallest absolute Gasteiger partial charge is 0.331 e. The second-order valence-electron chi connectivity index (χ2n) is 8.61. The molecule has 2 amide bonds. The molecule has 3 aromatic rings. The van der Waals surface area contributed by atoms with Gasteiger partial charge in [-0.2, -0.15) is 0 Å². The van der Waals surface area contributed by atoms with Gasteiger partial charge in [-0.3, -0.25) is 23.5 Å². The Bertz CT molecular complexity index is 1250. The van der Waals surface area contributed by atoms with Crippen LogP contribution in [0.15, 0.2) is 64.2 Å². The van der Waals surface area contributed by atoms with Crippen LogP contribution in [0.4, 0.5) is 0 Å². The molecule has 8 nitrogen and oxygen atoms in total. The third-order valence-corrected chi connectivity index (χ3v) is 5.50. The average molecular weight is 465 g/mol. The zero-order chi connectivity index (χ0) is 24.5. The van der Waals surface area contributed by atoms with Gasteiger partial charge in [0.15, 0.2) is 0 Å². The molecule has 0 bridgehead atoms. The highest BCUT2D eigenvalue weighted by molar-refractivity contribution is 5.81. The second-order valence-corrected chi connectivity index (χ2v) is 8.61. The van der Waals surface area contributed by atoms with Crippen molar-refractivity contribution in [1.82, 2.24) is 19.8 Å². The maximum absolute atomic E-state index is 13.2. The molecular formula is C26H32N4O4. The molecule has 0 aliphatic carbocycles. The number of benzene rings is 2. The van der Waals surface area contributed by atoms with Crippen molar-refractivity contribution in [3.63, 3.8) is 0 Å². The topological polar surface area (TPSA) is 102 Å². The molecule has 0 radical (unpaired) electrons. The first-order valence-electron chi connectivity index (χ1n) is 11.7. The molecule has 34 heavy (non-hydrogen) atoms. The zero-order valence-corrected chi connectivity index (χ0v) is 19.8. The maximum Gasteiger partial charge on any atom is 0.331 e. The molecule has 1 aromatic heterocycles. The van der Waals surface area contributed by atoms with Crippen molar-refractivity contribution in [2.24, 2.45) is 0 Å². The highest BCUT2D eigenvalue weighted by Crippen LogP contribution is 2.08. The summed E-state index contributed by atoms with van der Waals surface area (Å²) >= 11 is 0. The van der Waals surface area contributed by atoms with Crippen LogP contribution in [0.25, 0.3) is 10.9 Å². The largest absolute Gasteiger partial charge is 0.354 e. The molecule has 0 aliphatic heterocycles. The molecule has 2 N–H and O–H groups in total. The molecule has 0 unspecified atom stereocenters. The van der Waals surface area contributed by atoms with Crippen molar-refractivity contribution in [3.8, 4) is 0 Å². The average Bonchev–Trinajstić information content (AvgIpc) is 2.81. The quantitative estimate of drug-likeness (QED) is 0.425. The number of nitrogens with zero attached hydrogens (tertiary/aromatic N) is 2. The normalized spacial score (nSPS) is 11.0. The number of para-hydroxylation sites is 1. The number of hydrogen-bond acceptors (Lipinski definition) is 4. The summed E-state index contributed by atoms with van der Waals surface area (Å²) in [5, 5.41) is 6.07. The van der Waals surface area contributed by atoms with Gasteiger partial charge in [0.05, 0.1) is 10.9 Å². The number of nitrogens with one attached hydrogen (secondary N) is 2. The first-order valence-corrected chi connectivity index (χ1v) is 11.7. The minimum absolute atomic E-state index is 0.0505. The first kappa shape index (κ1) is 25.0. The van der Waals surface area contributed by atoms with Crippen LogP contribution in [0.5, 0.6) is 0 Å². The summed E-state index contributed by atoms with van der Waals surface area (Å²) in [5.74, 6) is -0.343. The molecular weight excluding hydrogens is 432 g/mol. The van der Waals surface area contributed by atoms with Gasteiger partial charge in [-0.05, 0) is 50.8 Å². The van der Waals surface area contributed by atoms with E-state index in [2.05, 4.69) is 10.6 Å². The van der Waals surface area contributed by atoms with Gasteiger partial charge in [-0.25, -0.2) is 4.79 Å². The van der Waals surface area contributed by atoms with Crippen LogP contribution < -0.4 is 21.9 Å². The van der Waals surface area contributed by atoms with E-state index in [1.807, 2.05) is 44.2 Å². The number of carbonyl (C=O) groups is 2. The molecule has 180 valence electrons. The fourth-order valence-corrected chi connectivity index (χ4v) is 3.86. The number of amides is 2. The van der Waals surface area contributed by atoms with Crippen LogP contribution in [-0.2, 0) is 29.1 Å². The summed E-state index contributed by atoms with van der Waals surface area (Å²) in [4.78, 5) is 50.6.